The van der Waals surface area contributed by atoms with Gasteiger partial charge in [0.1, 0.15) is 16.3 Å². The van der Waals surface area contributed by atoms with Crippen LogP contribution in [-0.2, 0) is 17.8 Å². The first kappa shape index (κ1) is 17.0. The van der Waals surface area contributed by atoms with E-state index in [1.807, 2.05) is 20.8 Å². The molecule has 2 atom stereocenters. The molecule has 2 N–H and O–H groups in total. The number of allylic oxidation sites excluding steroid dienone is 1. The van der Waals surface area contributed by atoms with Crippen molar-refractivity contribution in [3.63, 3.8) is 0 Å². The van der Waals surface area contributed by atoms with Gasteiger partial charge in [0.05, 0.1) is 6.04 Å². The second kappa shape index (κ2) is 6.61. The van der Waals surface area contributed by atoms with E-state index in [0.717, 1.165) is 0 Å². The smallest absolute Gasteiger partial charge is 0.136 e. The molecule has 0 fully saturated rings. The first-order valence-electron chi connectivity index (χ1n) is 6.47. The van der Waals surface area contributed by atoms with Crippen LogP contribution in [0.2, 0.25) is 0 Å². The number of nitrogens with one attached hydrogen (secondary N) is 1. The van der Waals surface area contributed by atoms with E-state index in [2.05, 4.69) is 11.3 Å². The van der Waals surface area contributed by atoms with Gasteiger partial charge in [0, 0.05) is 22.5 Å². The van der Waals surface area contributed by atoms with Crippen molar-refractivity contribution in [1.29, 1.82) is 0 Å². The second-order valence-corrected chi connectivity index (χ2v) is 7.71. The Morgan fingerprint density at radius 1 is 1.50 bits per heavy atom. The van der Waals surface area contributed by atoms with Gasteiger partial charge < -0.3 is 9.66 Å². The Kier molecular flexibility index (Phi) is 5.62. The van der Waals surface area contributed by atoms with E-state index in [-0.39, 0.29) is 5.75 Å². The number of phenolic OH excluding ortho intramolecular Hbond substituents is 1. The number of aromatic hydroxyl groups is 1. The number of phenols is 1. The maximum absolute atomic E-state index is 13.6. The highest BCUT2D eigenvalue weighted by Crippen LogP contribution is 2.31. The average Bonchev–Trinajstić information content (AvgIpc) is 2.32. The summed E-state index contributed by atoms with van der Waals surface area (Å²) in [6.45, 7) is 10.9. The molecule has 2 unspecified atom stereocenters. The van der Waals surface area contributed by atoms with Crippen LogP contribution in [-0.4, -0.2) is 14.4 Å². The summed E-state index contributed by atoms with van der Waals surface area (Å²) in [7, 11) is 0. The van der Waals surface area contributed by atoms with Gasteiger partial charge in [-0.25, -0.2) is 4.39 Å². The van der Waals surface area contributed by atoms with Crippen LogP contribution in [0.25, 0.3) is 0 Å². The van der Waals surface area contributed by atoms with Crippen LogP contribution in [0, 0.1) is 5.82 Å². The molecule has 112 valence electrons. The van der Waals surface area contributed by atoms with Crippen molar-refractivity contribution in [2.75, 3.05) is 0 Å². The van der Waals surface area contributed by atoms with E-state index in [1.54, 1.807) is 13.0 Å². The van der Waals surface area contributed by atoms with Crippen LogP contribution in [0.15, 0.2) is 24.8 Å². The summed E-state index contributed by atoms with van der Waals surface area (Å²) >= 11 is -1.30. The zero-order chi connectivity index (χ0) is 15.5. The number of benzene rings is 1. The Balaban J connectivity index is 3.03. The molecule has 0 aliphatic rings. The molecule has 0 amide bonds. The van der Waals surface area contributed by atoms with Gasteiger partial charge in [-0.3, -0.25) is 0 Å². The lowest BCUT2D eigenvalue weighted by Gasteiger charge is -2.27. The van der Waals surface area contributed by atoms with Crippen molar-refractivity contribution in [3.05, 3.63) is 41.7 Å². The Morgan fingerprint density at radius 3 is 2.60 bits per heavy atom. The van der Waals surface area contributed by atoms with E-state index in [4.69, 9.17) is 0 Å². The summed E-state index contributed by atoms with van der Waals surface area (Å²) in [6, 6.07) is 2.13. The Morgan fingerprint density at radius 2 is 2.10 bits per heavy atom. The van der Waals surface area contributed by atoms with Crippen molar-refractivity contribution < 1.29 is 14.0 Å². The highest BCUT2D eigenvalue weighted by molar-refractivity contribution is 7.90. The number of hydrogen-bond donors (Lipinski definition) is 2. The van der Waals surface area contributed by atoms with Gasteiger partial charge in [0.2, 0.25) is 0 Å². The Labute approximate surface area is 123 Å². The van der Waals surface area contributed by atoms with Crippen LogP contribution in [0.5, 0.6) is 5.75 Å². The monoisotopic (exact) mass is 299 g/mol. The first-order chi connectivity index (χ1) is 9.16. The summed E-state index contributed by atoms with van der Waals surface area (Å²) in [5, 5.41) is 10.2. The van der Waals surface area contributed by atoms with Gasteiger partial charge in [0.15, 0.2) is 0 Å². The molecule has 20 heavy (non-hydrogen) atoms. The molecule has 1 rings (SSSR count). The third-order valence-electron chi connectivity index (χ3n) is 2.85. The predicted octanol–water partition coefficient (Wildman–Crippen LogP) is 3.37. The minimum absolute atomic E-state index is 0.0252. The van der Waals surface area contributed by atoms with E-state index >= 15 is 0 Å². The molecule has 0 heterocycles. The first-order valence-corrected chi connectivity index (χ1v) is 7.62. The van der Waals surface area contributed by atoms with Gasteiger partial charge in [-0.05, 0) is 46.2 Å². The molecule has 0 aliphatic heterocycles. The Hall–Kier alpha value is -1.04. The molecule has 0 aliphatic carbocycles. The van der Waals surface area contributed by atoms with Crippen molar-refractivity contribution in [1.82, 2.24) is 4.72 Å². The molecular weight excluding hydrogens is 277 g/mol. The normalized spacial score (nSPS) is 14.9. The van der Waals surface area contributed by atoms with E-state index in [0.29, 0.717) is 17.5 Å². The Bertz CT molecular complexity index is 485. The minimum Gasteiger partial charge on any atom is -0.598 e. The zero-order valence-corrected chi connectivity index (χ0v) is 13.2. The zero-order valence-electron chi connectivity index (χ0n) is 12.4. The summed E-state index contributed by atoms with van der Waals surface area (Å²) in [5.74, 6) is -0.401. The van der Waals surface area contributed by atoms with Gasteiger partial charge in [-0.15, -0.1) is 11.3 Å². The molecule has 1 aromatic carbocycles. The number of halogens is 1. The van der Waals surface area contributed by atoms with E-state index in [9.17, 15) is 14.0 Å². The van der Waals surface area contributed by atoms with Crippen molar-refractivity contribution in [2.24, 2.45) is 0 Å². The van der Waals surface area contributed by atoms with E-state index < -0.39 is 28.0 Å². The van der Waals surface area contributed by atoms with Gasteiger partial charge in [0.25, 0.3) is 0 Å². The van der Waals surface area contributed by atoms with Gasteiger partial charge >= 0.3 is 0 Å². The summed E-state index contributed by atoms with van der Waals surface area (Å²) in [4.78, 5) is 0. The van der Waals surface area contributed by atoms with Crippen molar-refractivity contribution >= 4 is 11.4 Å². The quantitative estimate of drug-likeness (QED) is 0.647. The average molecular weight is 299 g/mol. The second-order valence-electron chi connectivity index (χ2n) is 5.72. The van der Waals surface area contributed by atoms with Crippen LogP contribution >= 0.6 is 0 Å². The molecule has 0 radical (unpaired) electrons. The van der Waals surface area contributed by atoms with Gasteiger partial charge in [-0.1, -0.05) is 6.08 Å². The molecule has 0 bridgehead atoms. The highest BCUT2D eigenvalue weighted by Gasteiger charge is 2.29. The van der Waals surface area contributed by atoms with Gasteiger partial charge in [-0.2, -0.15) is 0 Å². The fraction of sp³-hybridized carbons (Fsp3) is 0.467. The van der Waals surface area contributed by atoms with Crippen molar-refractivity contribution in [3.8, 4) is 5.75 Å². The van der Waals surface area contributed by atoms with E-state index in [1.165, 1.54) is 12.1 Å². The molecular formula is C15H22FNO2S. The summed E-state index contributed by atoms with van der Waals surface area (Å²) in [6.07, 6.45) is 1.98. The standard InChI is InChI=1S/C15H22FNO2S/c1-6-7-11-8-12(16)9-13(14(11)18)10(2)17-20(19)15(3,4)5/h6,8-10,17-18H,1,7H2,2-5H3. The number of hydrogen-bond acceptors (Lipinski definition) is 3. The fourth-order valence-corrected chi connectivity index (χ4v) is 2.52. The van der Waals surface area contributed by atoms with Crippen LogP contribution in [0.1, 0.15) is 44.9 Å². The third-order valence-corrected chi connectivity index (χ3v) is 4.53. The molecule has 0 aromatic heterocycles. The van der Waals surface area contributed by atoms with Crippen molar-refractivity contribution in [2.45, 2.75) is 44.9 Å². The topological polar surface area (TPSA) is 55.3 Å². The molecule has 3 nitrogen and oxygen atoms in total. The SMILES string of the molecule is C=CCc1cc(F)cc(C(C)N[S+]([O-])C(C)(C)C)c1O. The summed E-state index contributed by atoms with van der Waals surface area (Å²) in [5.41, 5.74) is 0.879. The molecule has 0 spiro atoms. The fourth-order valence-electron chi connectivity index (χ4n) is 1.72. The lowest BCUT2D eigenvalue weighted by molar-refractivity contribution is 0.450. The maximum Gasteiger partial charge on any atom is 0.136 e. The molecule has 1 aromatic rings. The lowest BCUT2D eigenvalue weighted by Crippen LogP contribution is -2.40. The summed E-state index contributed by atoms with van der Waals surface area (Å²) < 4.78 is 28.1. The molecule has 5 heteroatoms. The predicted molar refractivity (Wildman–Crippen MR) is 81.4 cm³/mol. The van der Waals surface area contributed by atoms with Crippen LogP contribution in [0.3, 0.4) is 0 Å². The maximum atomic E-state index is 13.6. The third kappa shape index (κ3) is 4.23. The minimum atomic E-state index is -1.30. The van der Waals surface area contributed by atoms with Crippen LogP contribution < -0.4 is 4.72 Å². The van der Waals surface area contributed by atoms with Crippen LogP contribution in [0.4, 0.5) is 4.39 Å². The largest absolute Gasteiger partial charge is 0.598 e. The lowest BCUT2D eigenvalue weighted by atomic mass is 10.0. The highest BCUT2D eigenvalue weighted by atomic mass is 32.2. The molecule has 0 saturated heterocycles. The number of rotatable bonds is 5. The molecule has 0 saturated carbocycles.